The number of aliphatic hydroxyl groups excluding tert-OH is 1. The predicted octanol–water partition coefficient (Wildman–Crippen LogP) is -2.70. The molecule has 1 heterocycles. The third-order valence-electron chi connectivity index (χ3n) is 6.32. The largest absolute Gasteiger partial charge is 0.379 e. The Labute approximate surface area is 266 Å². The fourth-order valence-corrected chi connectivity index (χ4v) is 3.95. The highest BCUT2D eigenvalue weighted by molar-refractivity contribution is 6.13. The van der Waals surface area contributed by atoms with Gasteiger partial charge in [0.05, 0.1) is 52.1 Å². The molecule has 2 atom stereocenters. The van der Waals surface area contributed by atoms with Crippen LogP contribution in [0.5, 0.6) is 0 Å². The number of hydrogen-bond acceptors (Lipinski definition) is 11. The number of nitrogens with zero attached hydrogens (tertiary/aromatic N) is 1. The molecular weight excluding hydrogens is 604 g/mol. The summed E-state index contributed by atoms with van der Waals surface area (Å²) in [5.74, 6) is -2.86. The van der Waals surface area contributed by atoms with E-state index in [0.29, 0.717) is 0 Å². The standard InChI is InChI=1S/C30H42N6O10/c1-21(37)18-34-30(44)23(17-22-5-3-2-4-6-22)35-27(41)20-33-26(40)19-32-25(39)10-13-45-15-16-46-14-11-31-24(38)9-12-36-28(42)7-8-29(36)43/h2-8,23,27,35,41H,9-20H2,1H3,(H,31,38)(H,32,39)(H,33,40)(H,34,44). The van der Waals surface area contributed by atoms with Crippen molar-refractivity contribution >= 4 is 41.2 Å². The maximum absolute atomic E-state index is 12.6. The van der Waals surface area contributed by atoms with Crippen molar-refractivity contribution in [2.75, 3.05) is 59.2 Å². The summed E-state index contributed by atoms with van der Waals surface area (Å²) in [5, 5.41) is 23.1. The van der Waals surface area contributed by atoms with Crippen LogP contribution in [0.3, 0.4) is 0 Å². The van der Waals surface area contributed by atoms with Gasteiger partial charge in [-0.15, -0.1) is 0 Å². The highest BCUT2D eigenvalue weighted by atomic mass is 16.5. The third kappa shape index (κ3) is 16.0. The summed E-state index contributed by atoms with van der Waals surface area (Å²) in [6, 6.07) is 8.23. The molecule has 252 valence electrons. The second-order valence-corrected chi connectivity index (χ2v) is 10.2. The van der Waals surface area contributed by atoms with Gasteiger partial charge in [0.15, 0.2) is 0 Å². The molecule has 0 bridgehead atoms. The molecule has 0 aliphatic carbocycles. The van der Waals surface area contributed by atoms with Crippen molar-refractivity contribution in [3.63, 3.8) is 0 Å². The van der Waals surface area contributed by atoms with Gasteiger partial charge < -0.3 is 35.8 Å². The monoisotopic (exact) mass is 646 g/mol. The molecular formula is C30H42N6O10. The molecule has 0 saturated heterocycles. The van der Waals surface area contributed by atoms with E-state index in [0.717, 1.165) is 22.6 Å². The highest BCUT2D eigenvalue weighted by Gasteiger charge is 2.24. The third-order valence-corrected chi connectivity index (χ3v) is 6.32. The zero-order valence-corrected chi connectivity index (χ0v) is 25.8. The molecule has 2 unspecified atom stereocenters. The van der Waals surface area contributed by atoms with Crippen LogP contribution < -0.4 is 26.6 Å². The molecule has 0 saturated carbocycles. The first-order chi connectivity index (χ1) is 22.0. The summed E-state index contributed by atoms with van der Waals surface area (Å²) in [6.07, 6.45) is 1.27. The minimum Gasteiger partial charge on any atom is -0.379 e. The van der Waals surface area contributed by atoms with Gasteiger partial charge in [0, 0.05) is 38.1 Å². The van der Waals surface area contributed by atoms with Crippen LogP contribution in [0.4, 0.5) is 0 Å². The minimum atomic E-state index is -1.28. The van der Waals surface area contributed by atoms with E-state index >= 15 is 0 Å². The Morgan fingerprint density at radius 2 is 1.43 bits per heavy atom. The lowest BCUT2D eigenvalue weighted by molar-refractivity contribution is -0.137. The lowest BCUT2D eigenvalue weighted by Crippen LogP contribution is -2.53. The molecule has 0 fully saturated rings. The fourth-order valence-electron chi connectivity index (χ4n) is 3.95. The van der Waals surface area contributed by atoms with Gasteiger partial charge in [-0.3, -0.25) is 43.8 Å². The number of amides is 6. The van der Waals surface area contributed by atoms with Crippen LogP contribution in [0, 0.1) is 0 Å². The van der Waals surface area contributed by atoms with E-state index < -0.39 is 41.8 Å². The molecule has 0 radical (unpaired) electrons. The molecule has 6 N–H and O–H groups in total. The van der Waals surface area contributed by atoms with E-state index in [4.69, 9.17) is 9.47 Å². The molecule has 2 rings (SSSR count). The topological polar surface area (TPSA) is 222 Å². The number of rotatable bonds is 23. The van der Waals surface area contributed by atoms with Crippen molar-refractivity contribution in [2.24, 2.45) is 0 Å². The van der Waals surface area contributed by atoms with Gasteiger partial charge in [-0.05, 0) is 18.9 Å². The molecule has 16 heteroatoms. The van der Waals surface area contributed by atoms with Crippen LogP contribution in [0.1, 0.15) is 25.3 Å². The minimum absolute atomic E-state index is 0.00159. The van der Waals surface area contributed by atoms with E-state index in [9.17, 15) is 38.7 Å². The second-order valence-electron chi connectivity index (χ2n) is 10.2. The van der Waals surface area contributed by atoms with Gasteiger partial charge in [-0.1, -0.05) is 30.3 Å². The molecule has 1 aromatic carbocycles. The van der Waals surface area contributed by atoms with Gasteiger partial charge >= 0.3 is 0 Å². The van der Waals surface area contributed by atoms with E-state index in [-0.39, 0.29) is 90.1 Å². The zero-order chi connectivity index (χ0) is 33.7. The normalized spacial score (nSPS) is 13.7. The average Bonchev–Trinajstić information content (AvgIpc) is 3.35. The molecule has 0 aromatic heterocycles. The van der Waals surface area contributed by atoms with Crippen molar-refractivity contribution in [1.82, 2.24) is 31.5 Å². The molecule has 1 aromatic rings. The maximum atomic E-state index is 12.6. The summed E-state index contributed by atoms with van der Waals surface area (Å²) in [7, 11) is 0. The van der Waals surface area contributed by atoms with E-state index in [1.165, 1.54) is 6.92 Å². The summed E-state index contributed by atoms with van der Waals surface area (Å²) in [6.45, 7) is 1.63. The van der Waals surface area contributed by atoms with Gasteiger partial charge in [0.25, 0.3) is 11.8 Å². The van der Waals surface area contributed by atoms with Gasteiger partial charge in [-0.25, -0.2) is 0 Å². The molecule has 16 nitrogen and oxygen atoms in total. The number of aliphatic hydroxyl groups is 1. The predicted molar refractivity (Wildman–Crippen MR) is 163 cm³/mol. The number of carbonyl (C=O) groups excluding carboxylic acids is 7. The first kappa shape index (κ1) is 37.7. The Balaban J connectivity index is 1.50. The fraction of sp³-hybridized carbons (Fsp3) is 0.500. The summed E-state index contributed by atoms with van der Waals surface area (Å²) >= 11 is 0. The lowest BCUT2D eigenvalue weighted by Gasteiger charge is -2.22. The van der Waals surface area contributed by atoms with Crippen LogP contribution in [-0.2, 0) is 49.5 Å². The Hall–Kier alpha value is -4.51. The van der Waals surface area contributed by atoms with E-state index in [2.05, 4.69) is 26.6 Å². The Morgan fingerprint density at radius 3 is 2.11 bits per heavy atom. The Bertz CT molecular complexity index is 1210. The number of Topliss-reactive ketones (excluding diaryl/α,β-unsaturated/α-hetero) is 1. The number of carbonyl (C=O) groups is 7. The van der Waals surface area contributed by atoms with E-state index in [1.807, 2.05) is 30.3 Å². The van der Waals surface area contributed by atoms with Crippen LogP contribution in [0.25, 0.3) is 0 Å². The van der Waals surface area contributed by atoms with Crippen LogP contribution in [-0.4, -0.2) is 123 Å². The van der Waals surface area contributed by atoms with Crippen molar-refractivity contribution < 1.29 is 48.1 Å². The number of nitrogens with one attached hydrogen (secondary N) is 5. The Kier molecular flexibility index (Phi) is 17.4. The van der Waals surface area contributed by atoms with Crippen LogP contribution >= 0.6 is 0 Å². The van der Waals surface area contributed by atoms with E-state index in [1.54, 1.807) is 0 Å². The van der Waals surface area contributed by atoms with Crippen LogP contribution in [0.15, 0.2) is 42.5 Å². The molecule has 1 aliphatic heterocycles. The summed E-state index contributed by atoms with van der Waals surface area (Å²) < 4.78 is 10.7. The first-order valence-electron chi connectivity index (χ1n) is 14.8. The van der Waals surface area contributed by atoms with Crippen molar-refractivity contribution in [2.45, 2.75) is 38.5 Å². The van der Waals surface area contributed by atoms with Gasteiger partial charge in [0.1, 0.15) is 12.0 Å². The lowest BCUT2D eigenvalue weighted by atomic mass is 10.0. The number of hydrogen-bond donors (Lipinski definition) is 6. The number of benzene rings is 1. The maximum Gasteiger partial charge on any atom is 0.253 e. The number of ether oxygens (including phenoxy) is 2. The molecule has 1 aliphatic rings. The molecule has 6 amide bonds. The van der Waals surface area contributed by atoms with Gasteiger partial charge in [-0.2, -0.15) is 0 Å². The number of imide groups is 1. The smallest absolute Gasteiger partial charge is 0.253 e. The first-order valence-corrected chi connectivity index (χ1v) is 14.8. The van der Waals surface area contributed by atoms with Crippen molar-refractivity contribution in [3.8, 4) is 0 Å². The summed E-state index contributed by atoms with van der Waals surface area (Å²) in [5.41, 5.74) is 0.832. The van der Waals surface area contributed by atoms with Gasteiger partial charge in [0.2, 0.25) is 23.6 Å². The average molecular weight is 647 g/mol. The number of ketones is 1. The SMILES string of the molecule is CC(=O)CNC(=O)C(Cc1ccccc1)NC(O)CNC(=O)CNC(=O)CCOCCOCCNC(=O)CCN1C(=O)C=CC1=O. The quantitative estimate of drug-likeness (QED) is 0.0408. The summed E-state index contributed by atoms with van der Waals surface area (Å²) in [4.78, 5) is 83.6. The zero-order valence-electron chi connectivity index (χ0n) is 25.8. The Morgan fingerprint density at radius 1 is 0.783 bits per heavy atom. The molecule has 46 heavy (non-hydrogen) atoms. The van der Waals surface area contributed by atoms with Crippen LogP contribution in [0.2, 0.25) is 0 Å². The van der Waals surface area contributed by atoms with Crippen molar-refractivity contribution in [3.05, 3.63) is 48.0 Å². The second kappa shape index (κ2) is 21.3. The highest BCUT2D eigenvalue weighted by Crippen LogP contribution is 2.05. The van der Waals surface area contributed by atoms with Crippen molar-refractivity contribution in [1.29, 1.82) is 0 Å². The molecule has 0 spiro atoms.